The average Bonchev–Trinajstić information content (AvgIpc) is 2.87. The maximum atomic E-state index is 15.5. The fourth-order valence-electron chi connectivity index (χ4n) is 4.12. The fourth-order valence-corrected chi connectivity index (χ4v) is 4.12. The fraction of sp³-hybridized carbons (Fsp3) is 0.381. The van der Waals surface area contributed by atoms with E-state index in [1.165, 1.54) is 18.1 Å². The van der Waals surface area contributed by atoms with E-state index in [-0.39, 0.29) is 30.5 Å². The summed E-state index contributed by atoms with van der Waals surface area (Å²) in [5, 5.41) is 9.24. The lowest BCUT2D eigenvalue weighted by atomic mass is 9.96. The maximum absolute atomic E-state index is 15.5. The van der Waals surface area contributed by atoms with Crippen molar-refractivity contribution in [3.63, 3.8) is 0 Å². The summed E-state index contributed by atoms with van der Waals surface area (Å²) in [6, 6.07) is 6.29. The van der Waals surface area contributed by atoms with Gasteiger partial charge < -0.3 is 19.5 Å². The second-order valence-corrected chi connectivity index (χ2v) is 7.35. The van der Waals surface area contributed by atoms with Crippen molar-refractivity contribution < 1.29 is 28.2 Å². The zero-order valence-corrected chi connectivity index (χ0v) is 16.2. The standard InChI is InChI=1S/C21H22F2N2O4/c1-12-4-3-5-16(28-2)17(12)18-15(22)8-13-9-24-6-7-25(21(26)27)10-14(24)11-29-20(13)19(18)23/h3-5,8,14H,6-7,9-11H2,1-2H3,(H,26,27)/t14-/m1/s1. The van der Waals surface area contributed by atoms with Crippen molar-refractivity contribution in [1.82, 2.24) is 9.80 Å². The van der Waals surface area contributed by atoms with Gasteiger partial charge in [0.05, 0.1) is 18.7 Å². The van der Waals surface area contributed by atoms with E-state index in [1.807, 2.05) is 4.90 Å². The first kappa shape index (κ1) is 19.4. The quantitative estimate of drug-likeness (QED) is 0.830. The van der Waals surface area contributed by atoms with E-state index >= 15 is 8.78 Å². The number of halogens is 2. The lowest BCUT2D eigenvalue weighted by molar-refractivity contribution is 0.0499. The van der Waals surface area contributed by atoms with Crippen molar-refractivity contribution in [3.8, 4) is 22.6 Å². The number of ether oxygens (including phenoxy) is 2. The van der Waals surface area contributed by atoms with Crippen LogP contribution in [0.5, 0.6) is 11.5 Å². The Bertz CT molecular complexity index is 966. The number of rotatable bonds is 2. The minimum atomic E-state index is -0.988. The molecule has 0 aliphatic carbocycles. The van der Waals surface area contributed by atoms with Crippen molar-refractivity contribution in [2.45, 2.75) is 19.5 Å². The van der Waals surface area contributed by atoms with Gasteiger partial charge in [0.1, 0.15) is 18.2 Å². The summed E-state index contributed by atoms with van der Waals surface area (Å²) in [5.41, 5.74) is 1.29. The number of amides is 1. The highest BCUT2D eigenvalue weighted by Gasteiger charge is 2.35. The van der Waals surface area contributed by atoms with Gasteiger partial charge in [-0.3, -0.25) is 4.90 Å². The summed E-state index contributed by atoms with van der Waals surface area (Å²) in [7, 11) is 1.46. The summed E-state index contributed by atoms with van der Waals surface area (Å²) >= 11 is 0. The molecule has 1 N–H and O–H groups in total. The molecule has 0 aromatic heterocycles. The van der Waals surface area contributed by atoms with Crippen molar-refractivity contribution >= 4 is 6.09 Å². The Morgan fingerprint density at radius 2 is 2.07 bits per heavy atom. The van der Waals surface area contributed by atoms with Crippen LogP contribution >= 0.6 is 0 Å². The summed E-state index contributed by atoms with van der Waals surface area (Å²) in [4.78, 5) is 14.6. The molecule has 0 bridgehead atoms. The second-order valence-electron chi connectivity index (χ2n) is 7.35. The molecule has 2 aromatic rings. The molecule has 0 spiro atoms. The number of aryl methyl sites for hydroxylation is 1. The number of methoxy groups -OCH3 is 1. The predicted octanol–water partition coefficient (Wildman–Crippen LogP) is 3.51. The van der Waals surface area contributed by atoms with Crippen molar-refractivity contribution in [1.29, 1.82) is 0 Å². The second kappa shape index (κ2) is 7.51. The Morgan fingerprint density at radius 3 is 2.79 bits per heavy atom. The summed E-state index contributed by atoms with van der Waals surface area (Å²) in [5.74, 6) is -1.04. The third kappa shape index (κ3) is 3.37. The van der Waals surface area contributed by atoms with Crippen LogP contribution < -0.4 is 9.47 Å². The lowest BCUT2D eigenvalue weighted by Gasteiger charge is -2.38. The Balaban J connectivity index is 1.75. The van der Waals surface area contributed by atoms with Crippen LogP contribution in [0.25, 0.3) is 11.1 Å². The van der Waals surface area contributed by atoms with E-state index in [4.69, 9.17) is 9.47 Å². The van der Waals surface area contributed by atoms with Crippen molar-refractivity contribution in [2.24, 2.45) is 0 Å². The van der Waals surface area contributed by atoms with Gasteiger partial charge in [-0.2, -0.15) is 0 Å². The molecule has 4 rings (SSSR count). The van der Waals surface area contributed by atoms with E-state index in [0.29, 0.717) is 42.1 Å². The Kier molecular flexibility index (Phi) is 5.04. The van der Waals surface area contributed by atoms with E-state index in [9.17, 15) is 9.90 Å². The lowest BCUT2D eigenvalue weighted by Crippen LogP contribution is -2.55. The third-order valence-electron chi connectivity index (χ3n) is 5.62. The molecule has 154 valence electrons. The zero-order chi connectivity index (χ0) is 20.7. The molecule has 1 atom stereocenters. The number of piperazine rings is 1. The molecule has 1 saturated heterocycles. The molecule has 0 saturated carbocycles. The van der Waals surface area contributed by atoms with Gasteiger partial charge in [-0.05, 0) is 24.6 Å². The van der Waals surface area contributed by atoms with Crippen LogP contribution in [-0.2, 0) is 6.54 Å². The van der Waals surface area contributed by atoms with Crippen LogP contribution in [0.1, 0.15) is 11.1 Å². The van der Waals surface area contributed by atoms with Gasteiger partial charge in [0.25, 0.3) is 0 Å². The molecule has 0 radical (unpaired) electrons. The van der Waals surface area contributed by atoms with E-state index in [0.717, 1.165) is 0 Å². The highest BCUT2D eigenvalue weighted by Crippen LogP contribution is 2.42. The van der Waals surface area contributed by atoms with Gasteiger partial charge in [-0.25, -0.2) is 13.6 Å². The first-order valence-corrected chi connectivity index (χ1v) is 9.40. The number of hydrogen-bond acceptors (Lipinski definition) is 4. The molecule has 1 fully saturated rings. The van der Waals surface area contributed by atoms with Gasteiger partial charge in [0.2, 0.25) is 0 Å². The van der Waals surface area contributed by atoms with Crippen LogP contribution in [0, 0.1) is 18.6 Å². The molecule has 2 aliphatic rings. The topological polar surface area (TPSA) is 62.2 Å². The zero-order valence-electron chi connectivity index (χ0n) is 16.2. The van der Waals surface area contributed by atoms with Crippen LogP contribution in [0.2, 0.25) is 0 Å². The molecule has 2 aromatic carbocycles. The monoisotopic (exact) mass is 404 g/mol. The van der Waals surface area contributed by atoms with Crippen molar-refractivity contribution in [3.05, 3.63) is 47.0 Å². The van der Waals surface area contributed by atoms with Crippen LogP contribution in [0.4, 0.5) is 13.6 Å². The molecular formula is C21H22F2N2O4. The van der Waals surface area contributed by atoms with Gasteiger partial charge >= 0.3 is 6.09 Å². The molecule has 8 heteroatoms. The van der Waals surface area contributed by atoms with Gasteiger partial charge in [-0.1, -0.05) is 12.1 Å². The van der Waals surface area contributed by atoms with Crippen LogP contribution in [0.15, 0.2) is 24.3 Å². The SMILES string of the molecule is COc1cccc(C)c1-c1c(F)cc2c(c1F)OC[C@H]1CN(C(=O)O)CCN1C2. The van der Waals surface area contributed by atoms with E-state index in [2.05, 4.69) is 0 Å². The number of nitrogens with zero attached hydrogens (tertiary/aromatic N) is 2. The Hall–Kier alpha value is -2.87. The van der Waals surface area contributed by atoms with Crippen LogP contribution in [-0.4, -0.2) is 60.4 Å². The normalized spacial score (nSPS) is 19.0. The molecule has 2 heterocycles. The average molecular weight is 404 g/mol. The smallest absolute Gasteiger partial charge is 0.407 e. The largest absolute Gasteiger partial charge is 0.496 e. The number of fused-ring (bicyclic) bond motifs is 2. The number of carbonyl (C=O) groups is 1. The van der Waals surface area contributed by atoms with Gasteiger partial charge in [-0.15, -0.1) is 0 Å². The maximum Gasteiger partial charge on any atom is 0.407 e. The molecule has 2 aliphatic heterocycles. The summed E-state index contributed by atoms with van der Waals surface area (Å²) in [6.07, 6.45) is -0.988. The van der Waals surface area contributed by atoms with Gasteiger partial charge in [0.15, 0.2) is 11.6 Å². The molecule has 0 unspecified atom stereocenters. The molecular weight excluding hydrogens is 382 g/mol. The molecule has 1 amide bonds. The van der Waals surface area contributed by atoms with Crippen molar-refractivity contribution in [2.75, 3.05) is 33.4 Å². The first-order valence-electron chi connectivity index (χ1n) is 9.40. The van der Waals surface area contributed by atoms with E-state index in [1.54, 1.807) is 25.1 Å². The highest BCUT2D eigenvalue weighted by molar-refractivity contribution is 5.76. The van der Waals surface area contributed by atoms with Crippen LogP contribution in [0.3, 0.4) is 0 Å². The predicted molar refractivity (Wildman–Crippen MR) is 102 cm³/mol. The van der Waals surface area contributed by atoms with E-state index < -0.39 is 17.7 Å². The minimum absolute atomic E-state index is 0.0166. The number of carboxylic acid groups (broad SMARTS) is 1. The first-order chi connectivity index (χ1) is 13.9. The number of hydrogen-bond donors (Lipinski definition) is 1. The Morgan fingerprint density at radius 1 is 1.28 bits per heavy atom. The molecule has 6 nitrogen and oxygen atoms in total. The minimum Gasteiger partial charge on any atom is -0.496 e. The van der Waals surface area contributed by atoms with Gasteiger partial charge in [0, 0.05) is 37.3 Å². The summed E-state index contributed by atoms with van der Waals surface area (Å²) in [6.45, 7) is 3.30. The number of benzene rings is 2. The third-order valence-corrected chi connectivity index (χ3v) is 5.62. The Labute approximate surface area is 167 Å². The molecule has 29 heavy (non-hydrogen) atoms. The highest BCUT2D eigenvalue weighted by atomic mass is 19.1. The summed E-state index contributed by atoms with van der Waals surface area (Å²) < 4.78 is 41.7.